The van der Waals surface area contributed by atoms with Crippen molar-refractivity contribution in [2.75, 3.05) is 0 Å². The van der Waals surface area contributed by atoms with Gasteiger partial charge in [-0.05, 0) is 18.2 Å². The van der Waals surface area contributed by atoms with E-state index in [1.165, 1.54) is 6.08 Å². The average Bonchev–Trinajstić information content (AvgIpc) is 2.52. The summed E-state index contributed by atoms with van der Waals surface area (Å²) in [6.45, 7) is 0. The lowest BCUT2D eigenvalue weighted by molar-refractivity contribution is -0.201. The third-order valence-electron chi connectivity index (χ3n) is 3.94. The van der Waals surface area contributed by atoms with Crippen LogP contribution in [0, 0.1) is 0 Å². The number of carbonyl (C=O) groups excluding carboxylic acids is 1. The van der Waals surface area contributed by atoms with Crippen molar-refractivity contribution in [2.45, 2.75) is 36.8 Å². The molecule has 0 bridgehead atoms. The number of aliphatic carboxylic acids is 1. The van der Waals surface area contributed by atoms with Crippen molar-refractivity contribution in [3.05, 3.63) is 39.9 Å². The SMILES string of the molecule is O=C(/C=C/c1c(Cl)cccc1Cl)OC1(C(=O)O)C[C@@H](O)C(O)[C@H](O)C1. The normalized spacial score (nSPS) is 29.6. The summed E-state index contributed by atoms with van der Waals surface area (Å²) in [4.78, 5) is 23.6. The third kappa shape index (κ3) is 4.31. The zero-order valence-corrected chi connectivity index (χ0v) is 14.3. The summed E-state index contributed by atoms with van der Waals surface area (Å²) in [5, 5.41) is 38.9. The second-order valence-corrected chi connectivity index (χ2v) is 6.54. The molecule has 0 unspecified atom stereocenters. The van der Waals surface area contributed by atoms with E-state index >= 15 is 0 Å². The number of carboxylic acids is 1. The van der Waals surface area contributed by atoms with E-state index in [1.54, 1.807) is 18.2 Å². The predicted molar refractivity (Wildman–Crippen MR) is 89.2 cm³/mol. The molecule has 0 aromatic heterocycles. The summed E-state index contributed by atoms with van der Waals surface area (Å²) in [6.07, 6.45) is -3.48. The molecule has 1 fully saturated rings. The smallest absolute Gasteiger partial charge is 0.348 e. The van der Waals surface area contributed by atoms with E-state index in [9.17, 15) is 30.0 Å². The van der Waals surface area contributed by atoms with Crippen LogP contribution in [0.1, 0.15) is 18.4 Å². The lowest BCUT2D eigenvalue weighted by atomic mass is 9.79. The molecule has 0 spiro atoms. The molecule has 2 rings (SSSR count). The summed E-state index contributed by atoms with van der Waals surface area (Å²) in [5.74, 6) is -2.55. The largest absolute Gasteiger partial charge is 0.478 e. The molecule has 0 amide bonds. The van der Waals surface area contributed by atoms with E-state index in [2.05, 4.69) is 0 Å². The fourth-order valence-corrected chi connectivity index (χ4v) is 3.13. The molecule has 1 aliphatic rings. The minimum Gasteiger partial charge on any atom is -0.478 e. The lowest BCUT2D eigenvalue weighted by Crippen LogP contribution is -2.57. The second-order valence-electron chi connectivity index (χ2n) is 5.72. The standard InChI is InChI=1S/C16H16Cl2O7/c17-9-2-1-3-10(18)8(9)4-5-13(21)25-16(15(23)24)6-11(19)14(22)12(20)7-16/h1-5,11-12,14,19-20,22H,6-7H2,(H,23,24)/b5-4+/t11-,12-,14?,16?/m1/s1. The molecule has 1 saturated carbocycles. The van der Waals surface area contributed by atoms with Gasteiger partial charge in [0.2, 0.25) is 5.60 Å². The van der Waals surface area contributed by atoms with Gasteiger partial charge in [0, 0.05) is 34.5 Å². The fraction of sp³-hybridized carbons (Fsp3) is 0.375. The first-order valence-corrected chi connectivity index (χ1v) is 8.04. The number of aliphatic hydroxyl groups excluding tert-OH is 3. The molecule has 0 aliphatic heterocycles. The Labute approximate surface area is 153 Å². The van der Waals surface area contributed by atoms with Gasteiger partial charge in [-0.25, -0.2) is 9.59 Å². The minimum absolute atomic E-state index is 0.288. The van der Waals surface area contributed by atoms with E-state index in [4.69, 9.17) is 27.9 Å². The van der Waals surface area contributed by atoms with Crippen LogP contribution in [0.3, 0.4) is 0 Å². The first-order valence-electron chi connectivity index (χ1n) is 7.29. The van der Waals surface area contributed by atoms with Crippen LogP contribution in [-0.2, 0) is 14.3 Å². The molecule has 9 heteroatoms. The highest BCUT2D eigenvalue weighted by Crippen LogP contribution is 2.33. The molecule has 4 N–H and O–H groups in total. The highest BCUT2D eigenvalue weighted by molar-refractivity contribution is 6.37. The monoisotopic (exact) mass is 390 g/mol. The van der Waals surface area contributed by atoms with Gasteiger partial charge in [0.1, 0.15) is 6.10 Å². The number of carboxylic acid groups (broad SMARTS) is 1. The van der Waals surface area contributed by atoms with Gasteiger partial charge in [0.15, 0.2) is 0 Å². The molecule has 25 heavy (non-hydrogen) atoms. The van der Waals surface area contributed by atoms with E-state index in [1.807, 2.05) is 0 Å². The van der Waals surface area contributed by atoms with E-state index in [0.717, 1.165) is 6.08 Å². The number of aliphatic hydroxyl groups is 3. The Bertz CT molecular complexity index is 671. The van der Waals surface area contributed by atoms with Crippen molar-refractivity contribution in [1.82, 2.24) is 0 Å². The average molecular weight is 391 g/mol. The van der Waals surface area contributed by atoms with Crippen LogP contribution in [0.25, 0.3) is 6.08 Å². The zero-order valence-electron chi connectivity index (χ0n) is 12.8. The van der Waals surface area contributed by atoms with Gasteiger partial charge in [-0.1, -0.05) is 29.3 Å². The minimum atomic E-state index is -2.15. The Kier molecular flexibility index (Phi) is 6.08. The molecular weight excluding hydrogens is 375 g/mol. The molecule has 1 aromatic carbocycles. The van der Waals surface area contributed by atoms with E-state index in [0.29, 0.717) is 5.56 Å². The van der Waals surface area contributed by atoms with Crippen LogP contribution in [0.5, 0.6) is 0 Å². The highest BCUT2D eigenvalue weighted by atomic mass is 35.5. The number of hydrogen-bond acceptors (Lipinski definition) is 6. The molecule has 0 saturated heterocycles. The van der Waals surface area contributed by atoms with Crippen molar-refractivity contribution in [3.8, 4) is 0 Å². The van der Waals surface area contributed by atoms with Gasteiger partial charge < -0.3 is 25.2 Å². The van der Waals surface area contributed by atoms with E-state index < -0.39 is 48.7 Å². The van der Waals surface area contributed by atoms with Crippen molar-refractivity contribution < 1.29 is 34.8 Å². The molecule has 2 atom stereocenters. The highest BCUT2D eigenvalue weighted by Gasteiger charge is 2.52. The maximum atomic E-state index is 12.0. The van der Waals surface area contributed by atoms with Gasteiger partial charge in [0.25, 0.3) is 0 Å². The van der Waals surface area contributed by atoms with Crippen LogP contribution < -0.4 is 0 Å². The second kappa shape index (κ2) is 7.72. The Morgan fingerprint density at radius 1 is 1.12 bits per heavy atom. The first-order chi connectivity index (χ1) is 11.7. The predicted octanol–water partition coefficient (Wildman–Crippen LogP) is 1.25. The van der Waals surface area contributed by atoms with Gasteiger partial charge in [-0.3, -0.25) is 0 Å². The molecule has 0 heterocycles. The fourth-order valence-electron chi connectivity index (χ4n) is 2.61. The van der Waals surface area contributed by atoms with Gasteiger partial charge in [-0.2, -0.15) is 0 Å². The number of esters is 1. The van der Waals surface area contributed by atoms with Crippen molar-refractivity contribution in [2.24, 2.45) is 0 Å². The number of benzene rings is 1. The Morgan fingerprint density at radius 3 is 2.12 bits per heavy atom. The topological polar surface area (TPSA) is 124 Å². The van der Waals surface area contributed by atoms with Crippen molar-refractivity contribution >= 4 is 41.2 Å². The van der Waals surface area contributed by atoms with Gasteiger partial charge >= 0.3 is 11.9 Å². The summed E-state index contributed by atoms with van der Waals surface area (Å²) in [6, 6.07) is 4.74. The maximum Gasteiger partial charge on any atom is 0.348 e. The van der Waals surface area contributed by atoms with Gasteiger partial charge in [0.05, 0.1) is 12.2 Å². The molecule has 1 aliphatic carbocycles. The van der Waals surface area contributed by atoms with E-state index in [-0.39, 0.29) is 10.0 Å². The van der Waals surface area contributed by atoms with Crippen molar-refractivity contribution in [3.63, 3.8) is 0 Å². The maximum absolute atomic E-state index is 12.0. The van der Waals surface area contributed by atoms with Crippen molar-refractivity contribution in [1.29, 1.82) is 0 Å². The summed E-state index contributed by atoms with van der Waals surface area (Å²) >= 11 is 11.9. The number of halogens is 2. The Hall–Kier alpha value is -1.64. The number of ether oxygens (including phenoxy) is 1. The third-order valence-corrected chi connectivity index (χ3v) is 4.60. The van der Waals surface area contributed by atoms with Crippen LogP contribution in [0.4, 0.5) is 0 Å². The Morgan fingerprint density at radius 2 is 1.64 bits per heavy atom. The first kappa shape index (κ1) is 19.7. The Balaban J connectivity index is 2.19. The molecule has 1 aromatic rings. The molecule has 0 radical (unpaired) electrons. The summed E-state index contributed by atoms with van der Waals surface area (Å²) in [7, 11) is 0. The number of carbonyl (C=O) groups is 2. The van der Waals surface area contributed by atoms with Gasteiger partial charge in [-0.15, -0.1) is 0 Å². The van der Waals surface area contributed by atoms with Crippen LogP contribution in [0.15, 0.2) is 24.3 Å². The number of rotatable bonds is 4. The summed E-state index contributed by atoms with van der Waals surface area (Å²) < 4.78 is 4.99. The van der Waals surface area contributed by atoms with Crippen LogP contribution >= 0.6 is 23.2 Å². The molecule has 136 valence electrons. The van der Waals surface area contributed by atoms with Crippen LogP contribution in [0.2, 0.25) is 10.0 Å². The molecule has 7 nitrogen and oxygen atoms in total. The van der Waals surface area contributed by atoms with Crippen LogP contribution in [-0.4, -0.2) is 56.3 Å². The molecular formula is C16H16Cl2O7. The number of hydrogen-bond donors (Lipinski definition) is 4. The lowest BCUT2D eigenvalue weighted by Gasteiger charge is -2.39. The summed E-state index contributed by atoms with van der Waals surface area (Å²) in [5.41, 5.74) is -1.80. The zero-order chi connectivity index (χ0) is 18.8. The quantitative estimate of drug-likeness (QED) is 0.450.